The van der Waals surface area contributed by atoms with Crippen LogP contribution in [0.2, 0.25) is 0 Å². The molecule has 1 amide bonds. The van der Waals surface area contributed by atoms with E-state index >= 15 is 0 Å². The van der Waals surface area contributed by atoms with E-state index in [1.807, 2.05) is 24.3 Å². The van der Waals surface area contributed by atoms with Gasteiger partial charge in [0.15, 0.2) is 12.6 Å². The summed E-state index contributed by atoms with van der Waals surface area (Å²) in [6, 6.07) is 11.3. The van der Waals surface area contributed by atoms with E-state index in [4.69, 9.17) is 4.74 Å². The molecule has 0 aliphatic rings. The second-order valence-electron chi connectivity index (χ2n) is 6.76. The van der Waals surface area contributed by atoms with Crippen LogP contribution in [0.4, 0.5) is 18.9 Å². The van der Waals surface area contributed by atoms with Crippen LogP contribution < -0.4 is 10.6 Å². The summed E-state index contributed by atoms with van der Waals surface area (Å²) < 4.78 is 43.3. The molecule has 158 valence electrons. The minimum atomic E-state index is -4.50. The number of nitrogens with two attached hydrogens (primary N) is 1. The number of nitrogens with one attached hydrogen (secondary N) is 2. The highest BCUT2D eigenvalue weighted by molar-refractivity contribution is 5.91. The lowest BCUT2D eigenvalue weighted by molar-refractivity contribution is -0.667. The number of alkyl halides is 3. The predicted molar refractivity (Wildman–Crippen MR) is 105 cm³/mol. The third-order valence-electron chi connectivity index (χ3n) is 4.68. The number of rotatable bonds is 7. The average molecular weight is 420 g/mol. The van der Waals surface area contributed by atoms with Crippen LogP contribution in [0.3, 0.4) is 0 Å². The molecule has 6 nitrogen and oxygen atoms in total. The second-order valence-corrected chi connectivity index (χ2v) is 6.76. The van der Waals surface area contributed by atoms with Gasteiger partial charge in [0.25, 0.3) is 5.91 Å². The molecule has 3 aromatic rings. The number of fused-ring (bicyclic) bond motifs is 1. The fraction of sp³-hybridized carbons (Fsp3) is 0.238. The van der Waals surface area contributed by atoms with Crippen LogP contribution in [0, 0.1) is 0 Å². The Balaban J connectivity index is 1.65. The van der Waals surface area contributed by atoms with Gasteiger partial charge in [-0.05, 0) is 29.8 Å². The van der Waals surface area contributed by atoms with Gasteiger partial charge in [0.1, 0.15) is 0 Å². The number of amides is 1. The highest BCUT2D eigenvalue weighted by Crippen LogP contribution is 2.30. The molecular weight excluding hydrogens is 399 g/mol. The number of H-pyrrole nitrogens is 1. The minimum absolute atomic E-state index is 0.0365. The lowest BCUT2D eigenvalue weighted by atomic mass is 10.0. The Hall–Kier alpha value is -3.33. The van der Waals surface area contributed by atoms with E-state index < -0.39 is 29.7 Å². The van der Waals surface area contributed by atoms with Crippen LogP contribution in [-0.2, 0) is 26.9 Å². The van der Waals surface area contributed by atoms with Gasteiger partial charge in [0.2, 0.25) is 0 Å². The first-order chi connectivity index (χ1) is 14.3. The highest BCUT2D eigenvalue weighted by atomic mass is 19.4. The van der Waals surface area contributed by atoms with E-state index in [2.05, 4.69) is 10.3 Å². The van der Waals surface area contributed by atoms with Crippen molar-refractivity contribution in [1.29, 1.82) is 0 Å². The van der Waals surface area contributed by atoms with Crippen LogP contribution in [0.5, 0.6) is 0 Å². The number of methoxy groups -OCH3 is 1. The zero-order valence-corrected chi connectivity index (χ0v) is 16.1. The summed E-state index contributed by atoms with van der Waals surface area (Å²) >= 11 is 0. The predicted octanol–water partition coefficient (Wildman–Crippen LogP) is 2.47. The number of aromatic nitrogens is 1. The van der Waals surface area contributed by atoms with Crippen molar-refractivity contribution in [3.8, 4) is 0 Å². The van der Waals surface area contributed by atoms with Gasteiger partial charge in [-0.15, -0.1) is 0 Å². The van der Waals surface area contributed by atoms with Gasteiger partial charge < -0.3 is 20.4 Å². The van der Waals surface area contributed by atoms with Crippen LogP contribution in [0.15, 0.2) is 54.7 Å². The van der Waals surface area contributed by atoms with Crippen molar-refractivity contribution in [2.45, 2.75) is 18.6 Å². The van der Waals surface area contributed by atoms with Gasteiger partial charge in [0.05, 0.1) is 12.7 Å². The van der Waals surface area contributed by atoms with E-state index in [1.54, 1.807) is 6.20 Å². The van der Waals surface area contributed by atoms with Crippen LogP contribution in [-0.4, -0.2) is 36.6 Å². The Morgan fingerprint density at radius 1 is 1.17 bits per heavy atom. The third-order valence-corrected chi connectivity index (χ3v) is 4.68. The smallest absolute Gasteiger partial charge is 0.416 e. The molecule has 0 saturated carbocycles. The molecule has 4 N–H and O–H groups in total. The molecule has 0 radical (unpaired) electrons. The number of para-hydroxylation sites is 1. The first kappa shape index (κ1) is 21.4. The molecule has 0 aliphatic heterocycles. The van der Waals surface area contributed by atoms with Gasteiger partial charge in [-0.25, -0.2) is 4.79 Å². The second kappa shape index (κ2) is 9.00. The standard InChI is InChI=1S/C21H20F3N3O3/c1-30-20(29)18(9-13-11-25-17-8-3-2-7-16(13)17)26-12-19(28)27-15-6-4-5-14(10-15)21(22,23)24/h2-8,10-11,18,25-26H,9,12H2,1H3,(H,27,28)/p+1/t18-/m1/s1. The summed E-state index contributed by atoms with van der Waals surface area (Å²) in [5.74, 6) is -1.02. The molecule has 0 aliphatic carbocycles. The van der Waals surface area contributed by atoms with Gasteiger partial charge in [-0.3, -0.25) is 4.79 Å². The van der Waals surface area contributed by atoms with E-state index in [0.29, 0.717) is 6.42 Å². The summed E-state index contributed by atoms with van der Waals surface area (Å²) in [5, 5.41) is 4.90. The molecule has 3 rings (SSSR count). The summed E-state index contributed by atoms with van der Waals surface area (Å²) in [6.07, 6.45) is -2.37. The number of esters is 1. The fourth-order valence-electron chi connectivity index (χ4n) is 3.19. The average Bonchev–Trinajstić information content (AvgIpc) is 3.13. The van der Waals surface area contributed by atoms with Crippen molar-refractivity contribution in [3.63, 3.8) is 0 Å². The maximum atomic E-state index is 12.8. The molecule has 1 aromatic heterocycles. The van der Waals surface area contributed by atoms with Crippen molar-refractivity contribution in [3.05, 3.63) is 65.9 Å². The largest absolute Gasteiger partial charge is 0.465 e. The number of halogens is 3. The van der Waals surface area contributed by atoms with Gasteiger partial charge in [0, 0.05) is 29.2 Å². The summed E-state index contributed by atoms with van der Waals surface area (Å²) in [5.41, 5.74) is 1.01. The Morgan fingerprint density at radius 2 is 1.93 bits per heavy atom. The van der Waals surface area contributed by atoms with Crippen LogP contribution in [0.25, 0.3) is 10.9 Å². The highest BCUT2D eigenvalue weighted by Gasteiger charge is 2.30. The van der Waals surface area contributed by atoms with Crippen molar-refractivity contribution in [2.75, 3.05) is 19.0 Å². The number of benzene rings is 2. The lowest BCUT2D eigenvalue weighted by Crippen LogP contribution is -2.94. The number of anilines is 1. The maximum absolute atomic E-state index is 12.8. The van der Waals surface area contributed by atoms with Crippen molar-refractivity contribution in [2.24, 2.45) is 0 Å². The Morgan fingerprint density at radius 3 is 2.67 bits per heavy atom. The molecule has 0 bridgehead atoms. The topological polar surface area (TPSA) is 87.8 Å². The van der Waals surface area contributed by atoms with Crippen LogP contribution >= 0.6 is 0 Å². The van der Waals surface area contributed by atoms with Crippen molar-refractivity contribution < 1.29 is 32.8 Å². The van der Waals surface area contributed by atoms with Gasteiger partial charge >= 0.3 is 12.1 Å². The normalized spacial score (nSPS) is 12.5. The first-order valence-electron chi connectivity index (χ1n) is 9.21. The number of carbonyl (C=O) groups excluding carboxylic acids is 2. The van der Waals surface area contributed by atoms with Crippen LogP contribution in [0.1, 0.15) is 11.1 Å². The molecule has 0 fully saturated rings. The zero-order chi connectivity index (χ0) is 21.7. The first-order valence-corrected chi connectivity index (χ1v) is 9.21. The quantitative estimate of drug-likeness (QED) is 0.513. The van der Waals surface area contributed by atoms with Crippen molar-refractivity contribution in [1.82, 2.24) is 4.98 Å². The van der Waals surface area contributed by atoms with E-state index in [1.165, 1.54) is 24.6 Å². The molecule has 0 unspecified atom stereocenters. The lowest BCUT2D eigenvalue weighted by Gasteiger charge is -2.14. The van der Waals surface area contributed by atoms with Gasteiger partial charge in [-0.1, -0.05) is 24.3 Å². The van der Waals surface area contributed by atoms with E-state index in [-0.39, 0.29) is 12.2 Å². The number of quaternary nitrogens is 1. The molecule has 1 heterocycles. The Bertz CT molecular complexity index is 1050. The molecule has 30 heavy (non-hydrogen) atoms. The van der Waals surface area contributed by atoms with Gasteiger partial charge in [-0.2, -0.15) is 13.2 Å². The number of aromatic amines is 1. The molecular formula is C21H21F3N3O3+. The summed E-state index contributed by atoms with van der Waals surface area (Å²) in [6.45, 7) is -0.154. The number of hydrogen-bond donors (Lipinski definition) is 3. The molecule has 9 heteroatoms. The molecule has 0 saturated heterocycles. The third kappa shape index (κ3) is 5.18. The summed E-state index contributed by atoms with van der Waals surface area (Å²) in [7, 11) is 1.26. The Labute approximate surface area is 170 Å². The molecule has 0 spiro atoms. The number of ether oxygens (including phenoxy) is 1. The SMILES string of the molecule is COC(=O)[C@@H](Cc1c[nH]c2ccccc12)[NH2+]CC(=O)Nc1cccc(C(F)(F)F)c1. The summed E-state index contributed by atoms with van der Waals surface area (Å²) in [4.78, 5) is 27.5. The molecule has 1 atom stereocenters. The number of hydrogen-bond acceptors (Lipinski definition) is 3. The molecule has 2 aromatic carbocycles. The van der Waals surface area contributed by atoms with E-state index in [9.17, 15) is 22.8 Å². The zero-order valence-electron chi connectivity index (χ0n) is 16.1. The Kier molecular flexibility index (Phi) is 6.41. The monoisotopic (exact) mass is 420 g/mol. The van der Waals surface area contributed by atoms with Crippen molar-refractivity contribution >= 4 is 28.5 Å². The number of carbonyl (C=O) groups is 2. The minimum Gasteiger partial charge on any atom is -0.465 e. The van der Waals surface area contributed by atoms with E-state index in [0.717, 1.165) is 28.6 Å². The maximum Gasteiger partial charge on any atom is 0.416 e. The fourth-order valence-corrected chi connectivity index (χ4v) is 3.19.